The standard InChI is InChI=1S/C7H13NO2.C4H11N.CH5N.CH2O2/c1-2-3-5-10-6-4-8-7-9;1-2-3-4-5;1-2;2-1-3/h3,5,7H,2,4,6H2,1H3,(H,8,9);2-5H2,1H3;2H2,1H3;1H,(H,2,3)/b5-3+;;;. The molecule has 0 heterocycles. The van der Waals surface area contributed by atoms with E-state index in [4.69, 9.17) is 20.4 Å². The Labute approximate surface area is 122 Å². The summed E-state index contributed by atoms with van der Waals surface area (Å²) in [4.78, 5) is 18.1. The Balaban J connectivity index is -0.000000107. The summed E-state index contributed by atoms with van der Waals surface area (Å²) in [5, 5.41) is 9.37. The molecule has 0 bridgehead atoms. The first kappa shape index (κ1) is 26.9. The second-order valence-electron chi connectivity index (χ2n) is 2.97. The molecule has 0 aliphatic heterocycles. The molecular formula is C13H31N3O4. The zero-order chi connectivity index (χ0) is 16.5. The summed E-state index contributed by atoms with van der Waals surface area (Å²) in [7, 11) is 1.50. The highest BCUT2D eigenvalue weighted by atomic mass is 16.5. The highest BCUT2D eigenvalue weighted by Gasteiger charge is 1.79. The summed E-state index contributed by atoms with van der Waals surface area (Å²) >= 11 is 0. The van der Waals surface area contributed by atoms with Gasteiger partial charge in [0.1, 0.15) is 6.61 Å². The van der Waals surface area contributed by atoms with E-state index in [0.717, 1.165) is 13.0 Å². The second-order valence-corrected chi connectivity index (χ2v) is 2.97. The molecule has 0 aromatic carbocycles. The molecule has 0 aromatic heterocycles. The predicted octanol–water partition coefficient (Wildman–Crippen LogP) is 0.694. The van der Waals surface area contributed by atoms with Crippen molar-refractivity contribution in [2.24, 2.45) is 11.5 Å². The van der Waals surface area contributed by atoms with Crippen molar-refractivity contribution in [2.75, 3.05) is 26.7 Å². The lowest BCUT2D eigenvalue weighted by Gasteiger charge is -1.97. The fourth-order valence-corrected chi connectivity index (χ4v) is 0.613. The molecule has 0 aromatic rings. The first-order valence-electron chi connectivity index (χ1n) is 6.54. The van der Waals surface area contributed by atoms with Gasteiger partial charge in [0.25, 0.3) is 6.47 Å². The minimum absolute atomic E-state index is 0.250. The van der Waals surface area contributed by atoms with Crippen molar-refractivity contribution >= 4 is 12.9 Å². The van der Waals surface area contributed by atoms with Crippen molar-refractivity contribution in [3.63, 3.8) is 0 Å². The van der Waals surface area contributed by atoms with Crippen LogP contribution in [0.25, 0.3) is 0 Å². The molecule has 0 spiro atoms. The van der Waals surface area contributed by atoms with Gasteiger partial charge < -0.3 is 26.6 Å². The molecule has 0 rings (SSSR count). The maximum atomic E-state index is 9.71. The average molecular weight is 293 g/mol. The van der Waals surface area contributed by atoms with E-state index >= 15 is 0 Å². The van der Waals surface area contributed by atoms with E-state index in [1.165, 1.54) is 19.9 Å². The van der Waals surface area contributed by atoms with Crippen LogP contribution < -0.4 is 16.8 Å². The third kappa shape index (κ3) is 71.0. The Bertz CT molecular complexity index is 177. The van der Waals surface area contributed by atoms with Crippen molar-refractivity contribution in [1.82, 2.24) is 5.32 Å². The maximum Gasteiger partial charge on any atom is 0.290 e. The fourth-order valence-electron chi connectivity index (χ4n) is 0.613. The number of rotatable bonds is 8. The number of carbonyl (C=O) groups is 2. The number of hydrogen-bond donors (Lipinski definition) is 4. The molecule has 122 valence electrons. The summed E-state index contributed by atoms with van der Waals surface area (Å²) < 4.78 is 4.97. The molecule has 6 N–H and O–H groups in total. The Kier molecular flexibility index (Phi) is 58.1. The van der Waals surface area contributed by atoms with Gasteiger partial charge in [0, 0.05) is 0 Å². The quantitative estimate of drug-likeness (QED) is 0.296. The van der Waals surface area contributed by atoms with Gasteiger partial charge in [-0.15, -0.1) is 0 Å². The molecule has 0 saturated carbocycles. The second kappa shape index (κ2) is 43.3. The third-order valence-corrected chi connectivity index (χ3v) is 1.43. The Hall–Kier alpha value is -1.60. The molecular weight excluding hydrogens is 262 g/mol. The number of hydrogen-bond acceptors (Lipinski definition) is 5. The molecule has 0 aliphatic rings. The van der Waals surface area contributed by atoms with E-state index < -0.39 is 0 Å². The Morgan fingerprint density at radius 1 is 1.25 bits per heavy atom. The van der Waals surface area contributed by atoms with Gasteiger partial charge in [0.05, 0.1) is 12.8 Å². The van der Waals surface area contributed by atoms with Gasteiger partial charge in [-0.25, -0.2) is 0 Å². The number of nitrogens with one attached hydrogen (secondary N) is 1. The minimum atomic E-state index is -0.250. The van der Waals surface area contributed by atoms with Crippen LogP contribution in [-0.4, -0.2) is 44.7 Å². The van der Waals surface area contributed by atoms with Crippen LogP contribution in [0.5, 0.6) is 0 Å². The lowest BCUT2D eigenvalue weighted by molar-refractivity contribution is -0.122. The highest BCUT2D eigenvalue weighted by Crippen LogP contribution is 1.80. The van der Waals surface area contributed by atoms with Crippen LogP contribution in [0.4, 0.5) is 0 Å². The van der Waals surface area contributed by atoms with Gasteiger partial charge in [0.2, 0.25) is 6.41 Å². The number of unbranched alkanes of at least 4 members (excludes halogenated alkanes) is 1. The van der Waals surface area contributed by atoms with E-state index in [2.05, 4.69) is 18.0 Å². The molecule has 0 fully saturated rings. The van der Waals surface area contributed by atoms with Crippen LogP contribution in [0, 0.1) is 0 Å². The fraction of sp³-hybridized carbons (Fsp3) is 0.692. The van der Waals surface area contributed by atoms with Crippen LogP contribution in [0.3, 0.4) is 0 Å². The predicted molar refractivity (Wildman–Crippen MR) is 82.2 cm³/mol. The van der Waals surface area contributed by atoms with Crippen molar-refractivity contribution in [3.05, 3.63) is 12.3 Å². The summed E-state index contributed by atoms with van der Waals surface area (Å²) in [5.74, 6) is 0. The molecule has 20 heavy (non-hydrogen) atoms. The van der Waals surface area contributed by atoms with Crippen LogP contribution in [-0.2, 0) is 14.3 Å². The minimum Gasteiger partial charge on any atom is -0.500 e. The zero-order valence-electron chi connectivity index (χ0n) is 12.9. The Morgan fingerprint density at radius 2 is 1.80 bits per heavy atom. The Morgan fingerprint density at radius 3 is 2.10 bits per heavy atom. The van der Waals surface area contributed by atoms with E-state index in [9.17, 15) is 4.79 Å². The topological polar surface area (TPSA) is 128 Å². The number of allylic oxidation sites excluding steroid dienone is 1. The van der Waals surface area contributed by atoms with Crippen molar-refractivity contribution < 1.29 is 19.4 Å². The summed E-state index contributed by atoms with van der Waals surface area (Å²) in [6, 6.07) is 0. The van der Waals surface area contributed by atoms with Gasteiger partial charge in [-0.2, -0.15) is 0 Å². The van der Waals surface area contributed by atoms with Gasteiger partial charge in [0.15, 0.2) is 0 Å². The molecule has 0 unspecified atom stereocenters. The number of nitrogens with two attached hydrogens (primary N) is 2. The van der Waals surface area contributed by atoms with Gasteiger partial charge >= 0.3 is 0 Å². The molecule has 7 heteroatoms. The average Bonchev–Trinajstić information content (AvgIpc) is 2.47. The molecule has 0 atom stereocenters. The smallest absolute Gasteiger partial charge is 0.290 e. The zero-order valence-corrected chi connectivity index (χ0v) is 12.9. The highest BCUT2D eigenvalue weighted by molar-refractivity contribution is 5.45. The monoisotopic (exact) mass is 293 g/mol. The van der Waals surface area contributed by atoms with Gasteiger partial charge in [-0.1, -0.05) is 26.3 Å². The first-order chi connectivity index (χ1) is 9.74. The molecule has 7 nitrogen and oxygen atoms in total. The third-order valence-electron chi connectivity index (χ3n) is 1.43. The number of ether oxygens (including phenoxy) is 1. The normalized spacial score (nSPS) is 7.85. The van der Waals surface area contributed by atoms with Crippen LogP contribution in [0.2, 0.25) is 0 Å². The molecule has 0 saturated heterocycles. The SMILES string of the molecule is CC/C=C/OCCNC=O.CCCCN.CN.O=CO. The summed E-state index contributed by atoms with van der Waals surface area (Å²) in [5.41, 5.74) is 9.64. The summed E-state index contributed by atoms with van der Waals surface area (Å²) in [6.07, 6.45) is 7.58. The van der Waals surface area contributed by atoms with Crippen molar-refractivity contribution in [3.8, 4) is 0 Å². The van der Waals surface area contributed by atoms with E-state index in [-0.39, 0.29) is 6.47 Å². The van der Waals surface area contributed by atoms with Crippen LogP contribution in [0.1, 0.15) is 33.1 Å². The first-order valence-corrected chi connectivity index (χ1v) is 6.54. The maximum absolute atomic E-state index is 9.71. The summed E-state index contributed by atoms with van der Waals surface area (Å²) in [6.45, 7) is 5.86. The van der Waals surface area contributed by atoms with Crippen molar-refractivity contribution in [1.29, 1.82) is 0 Å². The lowest BCUT2D eigenvalue weighted by atomic mass is 10.3. The molecule has 0 radical (unpaired) electrons. The lowest BCUT2D eigenvalue weighted by Crippen LogP contribution is -2.16. The van der Waals surface area contributed by atoms with E-state index in [1.54, 1.807) is 6.26 Å². The van der Waals surface area contributed by atoms with Gasteiger partial charge in [-0.3, -0.25) is 9.59 Å². The molecule has 0 aliphatic carbocycles. The van der Waals surface area contributed by atoms with E-state index in [1.807, 2.05) is 13.0 Å². The number of carboxylic acid groups (broad SMARTS) is 1. The molecule has 1 amide bonds. The van der Waals surface area contributed by atoms with Gasteiger partial charge in [-0.05, 0) is 26.4 Å². The van der Waals surface area contributed by atoms with Crippen molar-refractivity contribution in [2.45, 2.75) is 33.1 Å². The largest absolute Gasteiger partial charge is 0.500 e. The van der Waals surface area contributed by atoms with Crippen LogP contribution >= 0.6 is 0 Å². The number of amides is 1. The van der Waals surface area contributed by atoms with Crippen LogP contribution in [0.15, 0.2) is 12.3 Å². The van der Waals surface area contributed by atoms with E-state index in [0.29, 0.717) is 19.6 Å². The number of carbonyl (C=O) groups excluding carboxylic acids is 1.